The van der Waals surface area contributed by atoms with E-state index in [1.165, 1.54) is 16.7 Å². The van der Waals surface area contributed by atoms with Crippen LogP contribution in [0.5, 0.6) is 0 Å². The molecule has 0 amide bonds. The van der Waals surface area contributed by atoms with E-state index in [1.807, 2.05) is 6.33 Å². The van der Waals surface area contributed by atoms with E-state index in [2.05, 4.69) is 67.0 Å². The van der Waals surface area contributed by atoms with Gasteiger partial charge in [0.2, 0.25) is 0 Å². The van der Waals surface area contributed by atoms with Crippen LogP contribution >= 0.6 is 0 Å². The first-order chi connectivity index (χ1) is 9.04. The van der Waals surface area contributed by atoms with E-state index in [4.69, 9.17) is 0 Å². The minimum atomic E-state index is 0.491. The highest BCUT2D eigenvalue weighted by Crippen LogP contribution is 2.11. The van der Waals surface area contributed by atoms with E-state index < -0.39 is 0 Å². The van der Waals surface area contributed by atoms with Crippen LogP contribution in [0.1, 0.15) is 36.2 Å². The molecule has 3 nitrogen and oxygen atoms in total. The molecule has 0 atom stereocenters. The first-order valence-electron chi connectivity index (χ1n) is 6.85. The summed E-state index contributed by atoms with van der Waals surface area (Å²) in [6, 6.07) is 7.11. The Morgan fingerprint density at radius 1 is 1.21 bits per heavy atom. The molecule has 1 N–H and O–H groups in total. The van der Waals surface area contributed by atoms with Gasteiger partial charge in [-0.05, 0) is 30.5 Å². The van der Waals surface area contributed by atoms with Gasteiger partial charge in [-0.2, -0.15) is 0 Å². The molecule has 1 aromatic carbocycles. The number of hydrogen-bond acceptors (Lipinski definition) is 2. The monoisotopic (exact) mass is 257 g/mol. The van der Waals surface area contributed by atoms with Crippen LogP contribution in [0.25, 0.3) is 0 Å². The number of hydrogen-bond donors (Lipinski definition) is 1. The summed E-state index contributed by atoms with van der Waals surface area (Å²) in [5.41, 5.74) is 5.11. The zero-order valence-electron chi connectivity index (χ0n) is 12.3. The molecular formula is C16H23N3. The lowest BCUT2D eigenvalue weighted by Gasteiger charge is -2.06. The highest BCUT2D eigenvalue weighted by atomic mass is 15.0. The summed E-state index contributed by atoms with van der Waals surface area (Å²) in [5.74, 6) is 0. The molecule has 0 bridgehead atoms. The minimum absolute atomic E-state index is 0.491. The Bertz CT molecular complexity index is 541. The lowest BCUT2D eigenvalue weighted by Crippen LogP contribution is -2.21. The minimum Gasteiger partial charge on any atom is -0.333 e. The molecule has 0 saturated carbocycles. The fourth-order valence-electron chi connectivity index (χ4n) is 2.01. The summed E-state index contributed by atoms with van der Waals surface area (Å²) >= 11 is 0. The number of nitrogens with one attached hydrogen (secondary N) is 1. The van der Waals surface area contributed by atoms with Crippen molar-refractivity contribution >= 4 is 0 Å². The molecule has 0 unspecified atom stereocenters. The van der Waals surface area contributed by atoms with Gasteiger partial charge in [-0.3, -0.25) is 0 Å². The SMILES string of the molecule is Cc1ccc(Cn2cnc(CNC(C)C)c2)cc1C. The van der Waals surface area contributed by atoms with Gasteiger partial charge in [0.15, 0.2) is 0 Å². The zero-order chi connectivity index (χ0) is 13.8. The molecule has 1 heterocycles. The van der Waals surface area contributed by atoms with Gasteiger partial charge in [0.1, 0.15) is 0 Å². The Kier molecular flexibility index (Phi) is 4.38. The van der Waals surface area contributed by atoms with Gasteiger partial charge in [-0.15, -0.1) is 0 Å². The largest absolute Gasteiger partial charge is 0.333 e. The van der Waals surface area contributed by atoms with E-state index in [9.17, 15) is 0 Å². The van der Waals surface area contributed by atoms with Crippen molar-refractivity contribution in [3.8, 4) is 0 Å². The van der Waals surface area contributed by atoms with Crippen molar-refractivity contribution in [2.24, 2.45) is 0 Å². The maximum absolute atomic E-state index is 4.42. The van der Waals surface area contributed by atoms with Gasteiger partial charge in [-0.1, -0.05) is 32.0 Å². The van der Waals surface area contributed by atoms with Crippen molar-refractivity contribution in [2.45, 2.75) is 46.8 Å². The van der Waals surface area contributed by atoms with Gasteiger partial charge < -0.3 is 9.88 Å². The number of aromatic nitrogens is 2. The summed E-state index contributed by atoms with van der Waals surface area (Å²) in [6.45, 7) is 10.3. The van der Waals surface area contributed by atoms with E-state index in [-0.39, 0.29) is 0 Å². The quantitative estimate of drug-likeness (QED) is 0.892. The molecule has 2 rings (SSSR count). The molecule has 3 heteroatoms. The molecule has 19 heavy (non-hydrogen) atoms. The van der Waals surface area contributed by atoms with E-state index >= 15 is 0 Å². The molecular weight excluding hydrogens is 234 g/mol. The van der Waals surface area contributed by atoms with Crippen molar-refractivity contribution in [2.75, 3.05) is 0 Å². The average Bonchev–Trinajstić information content (AvgIpc) is 2.79. The topological polar surface area (TPSA) is 29.9 Å². The predicted octanol–water partition coefficient (Wildman–Crippen LogP) is 3.05. The van der Waals surface area contributed by atoms with Crippen LogP contribution in [-0.4, -0.2) is 15.6 Å². The fourth-order valence-corrected chi connectivity index (χ4v) is 2.01. The van der Waals surface area contributed by atoms with Crippen LogP contribution in [-0.2, 0) is 13.1 Å². The third kappa shape index (κ3) is 3.93. The second kappa shape index (κ2) is 6.02. The lowest BCUT2D eigenvalue weighted by atomic mass is 10.1. The highest BCUT2D eigenvalue weighted by molar-refractivity contribution is 5.30. The molecule has 0 aliphatic heterocycles. The van der Waals surface area contributed by atoms with Gasteiger partial charge in [-0.25, -0.2) is 4.98 Å². The first kappa shape index (κ1) is 13.8. The molecule has 102 valence electrons. The lowest BCUT2D eigenvalue weighted by molar-refractivity contribution is 0.582. The van der Waals surface area contributed by atoms with Crippen molar-refractivity contribution in [3.05, 3.63) is 53.1 Å². The first-order valence-corrected chi connectivity index (χ1v) is 6.85. The van der Waals surface area contributed by atoms with Crippen LogP contribution < -0.4 is 5.32 Å². The summed E-state index contributed by atoms with van der Waals surface area (Å²) < 4.78 is 2.14. The molecule has 0 radical (unpaired) electrons. The standard InChI is InChI=1S/C16H23N3/c1-12(2)17-8-16-10-19(11-18-16)9-15-6-5-13(3)14(4)7-15/h5-7,10-12,17H,8-9H2,1-4H3. The molecule has 0 saturated heterocycles. The normalized spacial score (nSPS) is 11.2. The molecule has 0 fully saturated rings. The van der Waals surface area contributed by atoms with E-state index in [1.54, 1.807) is 0 Å². The summed E-state index contributed by atoms with van der Waals surface area (Å²) in [7, 11) is 0. The molecule has 2 aromatic rings. The van der Waals surface area contributed by atoms with Gasteiger partial charge in [0.05, 0.1) is 12.0 Å². The van der Waals surface area contributed by atoms with Crippen LogP contribution in [0.3, 0.4) is 0 Å². The predicted molar refractivity (Wildman–Crippen MR) is 79.2 cm³/mol. The Labute approximate surface area is 115 Å². The van der Waals surface area contributed by atoms with Crippen LogP contribution in [0, 0.1) is 13.8 Å². The second-order valence-corrected chi connectivity index (χ2v) is 5.49. The van der Waals surface area contributed by atoms with Gasteiger partial charge in [0.25, 0.3) is 0 Å². The molecule has 0 spiro atoms. The summed E-state index contributed by atoms with van der Waals surface area (Å²) in [5, 5.41) is 3.38. The Hall–Kier alpha value is -1.61. The molecule has 0 aliphatic rings. The molecule has 1 aromatic heterocycles. The van der Waals surface area contributed by atoms with Crippen LogP contribution in [0.2, 0.25) is 0 Å². The number of rotatable bonds is 5. The van der Waals surface area contributed by atoms with Crippen LogP contribution in [0.4, 0.5) is 0 Å². The number of benzene rings is 1. The fraction of sp³-hybridized carbons (Fsp3) is 0.438. The third-order valence-electron chi connectivity index (χ3n) is 3.31. The summed E-state index contributed by atoms with van der Waals surface area (Å²) in [6.07, 6.45) is 4.02. The molecule has 0 aliphatic carbocycles. The van der Waals surface area contributed by atoms with Crippen molar-refractivity contribution in [3.63, 3.8) is 0 Å². The Morgan fingerprint density at radius 3 is 2.68 bits per heavy atom. The van der Waals surface area contributed by atoms with Crippen molar-refractivity contribution < 1.29 is 0 Å². The number of imidazole rings is 1. The van der Waals surface area contributed by atoms with Gasteiger partial charge >= 0.3 is 0 Å². The third-order valence-corrected chi connectivity index (χ3v) is 3.31. The average molecular weight is 257 g/mol. The van der Waals surface area contributed by atoms with Gasteiger partial charge in [0, 0.05) is 25.3 Å². The Balaban J connectivity index is 2.01. The Morgan fingerprint density at radius 2 is 2.00 bits per heavy atom. The smallest absolute Gasteiger partial charge is 0.0953 e. The maximum Gasteiger partial charge on any atom is 0.0953 e. The van der Waals surface area contributed by atoms with Crippen molar-refractivity contribution in [1.82, 2.24) is 14.9 Å². The maximum atomic E-state index is 4.42. The summed E-state index contributed by atoms with van der Waals surface area (Å²) in [4.78, 5) is 4.42. The number of aryl methyl sites for hydroxylation is 2. The van der Waals surface area contributed by atoms with E-state index in [0.29, 0.717) is 6.04 Å². The highest BCUT2D eigenvalue weighted by Gasteiger charge is 2.02. The second-order valence-electron chi connectivity index (χ2n) is 5.49. The van der Waals surface area contributed by atoms with Crippen molar-refractivity contribution in [1.29, 1.82) is 0 Å². The zero-order valence-corrected chi connectivity index (χ0v) is 12.3. The van der Waals surface area contributed by atoms with Crippen LogP contribution in [0.15, 0.2) is 30.7 Å². The number of nitrogens with zero attached hydrogens (tertiary/aromatic N) is 2. The van der Waals surface area contributed by atoms with E-state index in [0.717, 1.165) is 18.8 Å².